The van der Waals surface area contributed by atoms with Gasteiger partial charge in [-0.25, -0.2) is 0 Å². The van der Waals surface area contributed by atoms with Gasteiger partial charge in [0.05, 0.1) is 0 Å². The Labute approximate surface area is 128 Å². The Balaban J connectivity index is 2.73. The Kier molecular flexibility index (Phi) is 6.64. The molecule has 1 aromatic rings. The molecular weight excluding hydrogens is 288 g/mol. The van der Waals surface area contributed by atoms with Gasteiger partial charge in [0.25, 0.3) is 0 Å². The number of hydrogen-bond donors (Lipinski definition) is 3. The summed E-state index contributed by atoms with van der Waals surface area (Å²) in [4.78, 5) is 31.0. The van der Waals surface area contributed by atoms with Gasteiger partial charge in [0, 0.05) is 0 Å². The summed E-state index contributed by atoms with van der Waals surface area (Å²) >= 11 is 0. The molecule has 0 spiro atoms. The van der Waals surface area contributed by atoms with Crippen LogP contribution >= 0.6 is 0 Å². The van der Waals surface area contributed by atoms with Gasteiger partial charge < -0.3 is 0 Å². The van der Waals surface area contributed by atoms with Crippen LogP contribution in [-0.4, -0.2) is 58.7 Å². The van der Waals surface area contributed by atoms with Gasteiger partial charge in [-0.05, 0) is 0 Å². The molecule has 0 saturated heterocycles. The standard InChI is InChI=1S/C11H17B2N5O4/c1-7(15-5-12-21)11(20)17-9(10(14)19)3-8-4-18(6-16-8)13(2)22/h4-7,9,22H,3H2,1-2H3,(H2,14,19)(H,17,20). The predicted octanol–water partition coefficient (Wildman–Crippen LogP) is -2.18. The van der Waals surface area contributed by atoms with Crippen molar-refractivity contribution in [3.8, 4) is 0 Å². The fraction of sp³-hybridized carbons (Fsp3) is 0.455. The Morgan fingerprint density at radius 3 is 2.86 bits per heavy atom. The second kappa shape index (κ2) is 8.23. The number of hydrogen-bond acceptors (Lipinski definition) is 6. The van der Waals surface area contributed by atoms with Crippen LogP contribution in [0.3, 0.4) is 0 Å². The summed E-state index contributed by atoms with van der Waals surface area (Å²) in [5.74, 6) is -1.25. The molecule has 0 aliphatic rings. The molecule has 1 heterocycles. The van der Waals surface area contributed by atoms with Crippen LogP contribution in [0.15, 0.2) is 17.5 Å². The third-order valence-corrected chi connectivity index (χ3v) is 2.91. The van der Waals surface area contributed by atoms with E-state index in [4.69, 9.17) is 5.73 Å². The second-order valence-electron chi connectivity index (χ2n) is 4.72. The molecular formula is C11H17B2N5O4. The number of nitrogens with two attached hydrogens (primary N) is 1. The summed E-state index contributed by atoms with van der Waals surface area (Å²) in [5, 5.41) is 11.9. The summed E-state index contributed by atoms with van der Waals surface area (Å²) in [6.45, 7) is 3.04. The first kappa shape index (κ1) is 17.8. The number of nitrogens with zero attached hydrogens (tertiary/aromatic N) is 3. The summed E-state index contributed by atoms with van der Waals surface area (Å²) in [6, 6.07) is -1.78. The Bertz CT molecular complexity index is 575. The van der Waals surface area contributed by atoms with Crippen molar-refractivity contribution in [1.82, 2.24) is 14.8 Å². The second-order valence-corrected chi connectivity index (χ2v) is 4.72. The molecule has 0 aliphatic carbocycles. The zero-order chi connectivity index (χ0) is 16.7. The van der Waals surface area contributed by atoms with Crippen molar-refractivity contribution in [2.24, 2.45) is 10.7 Å². The van der Waals surface area contributed by atoms with Gasteiger partial charge >= 0.3 is 127 Å². The van der Waals surface area contributed by atoms with Crippen molar-refractivity contribution >= 4 is 32.1 Å². The molecule has 0 aromatic carbocycles. The van der Waals surface area contributed by atoms with E-state index in [1.807, 2.05) is 0 Å². The average molecular weight is 305 g/mol. The van der Waals surface area contributed by atoms with Gasteiger partial charge in [-0.3, -0.25) is 0 Å². The van der Waals surface area contributed by atoms with Crippen molar-refractivity contribution in [1.29, 1.82) is 0 Å². The van der Waals surface area contributed by atoms with Gasteiger partial charge in [-0.1, -0.05) is 0 Å². The molecule has 0 bridgehead atoms. The van der Waals surface area contributed by atoms with Crippen LogP contribution in [0.25, 0.3) is 0 Å². The molecule has 4 N–H and O–H groups in total. The van der Waals surface area contributed by atoms with Crippen molar-refractivity contribution in [3.05, 3.63) is 18.2 Å². The number of aliphatic imine (C=N–C) groups is 1. The van der Waals surface area contributed by atoms with Crippen LogP contribution in [-0.2, 0) is 20.7 Å². The van der Waals surface area contributed by atoms with Crippen molar-refractivity contribution < 1.29 is 19.3 Å². The van der Waals surface area contributed by atoms with Crippen LogP contribution in [0.5, 0.6) is 0 Å². The molecule has 22 heavy (non-hydrogen) atoms. The number of carbonyl (C=O) groups is 2. The first-order chi connectivity index (χ1) is 10.3. The number of aromatic nitrogens is 2. The van der Waals surface area contributed by atoms with E-state index < -0.39 is 30.9 Å². The maximum atomic E-state index is 11.9. The molecule has 1 rings (SSSR count). The number of amides is 2. The molecule has 0 aliphatic heterocycles. The zero-order valence-corrected chi connectivity index (χ0v) is 12.3. The third kappa shape index (κ3) is 5.24. The summed E-state index contributed by atoms with van der Waals surface area (Å²) in [5.41, 5.74) is 5.76. The van der Waals surface area contributed by atoms with Crippen molar-refractivity contribution in [3.63, 3.8) is 0 Å². The molecule has 116 valence electrons. The molecule has 2 atom stereocenters. The Morgan fingerprint density at radius 2 is 2.36 bits per heavy atom. The Morgan fingerprint density at radius 1 is 1.68 bits per heavy atom. The Hall–Kier alpha value is -2.29. The van der Waals surface area contributed by atoms with E-state index in [1.165, 1.54) is 17.7 Å². The molecule has 0 fully saturated rings. The van der Waals surface area contributed by atoms with E-state index >= 15 is 0 Å². The maximum absolute atomic E-state index is 11.9. The quantitative estimate of drug-likeness (QED) is 0.370. The molecule has 0 radical (unpaired) electrons. The van der Waals surface area contributed by atoms with Gasteiger partial charge in [0.15, 0.2) is 0 Å². The molecule has 2 unspecified atom stereocenters. The van der Waals surface area contributed by atoms with E-state index in [0.717, 1.165) is 6.11 Å². The minimum absolute atomic E-state index is 0.0882. The van der Waals surface area contributed by atoms with E-state index in [2.05, 4.69) is 15.3 Å². The van der Waals surface area contributed by atoms with Gasteiger partial charge in [0.1, 0.15) is 0 Å². The monoisotopic (exact) mass is 305 g/mol. The van der Waals surface area contributed by atoms with Crippen molar-refractivity contribution in [2.75, 3.05) is 0 Å². The number of primary amides is 1. The third-order valence-electron chi connectivity index (χ3n) is 2.91. The summed E-state index contributed by atoms with van der Waals surface area (Å²) < 4.78 is 11.6. The number of carbonyl (C=O) groups excluding carboxylic acids is 2. The number of nitrogens with one attached hydrogen (secondary N) is 1. The van der Waals surface area contributed by atoms with Crippen LogP contribution < -0.4 is 11.1 Å². The molecule has 9 nitrogen and oxygen atoms in total. The molecule has 0 saturated carbocycles. The fourth-order valence-electron chi connectivity index (χ4n) is 1.65. The minimum atomic E-state index is -0.960. The topological polar surface area (TPSA) is 140 Å². The first-order valence-electron chi connectivity index (χ1n) is 6.62. The van der Waals surface area contributed by atoms with Crippen LogP contribution in [0, 0.1) is 0 Å². The number of imidazole rings is 1. The average Bonchev–Trinajstić information content (AvgIpc) is 2.92. The van der Waals surface area contributed by atoms with Crippen LogP contribution in [0.2, 0.25) is 6.82 Å². The van der Waals surface area contributed by atoms with Gasteiger partial charge in [-0.2, -0.15) is 0 Å². The van der Waals surface area contributed by atoms with Crippen LogP contribution in [0.4, 0.5) is 0 Å². The van der Waals surface area contributed by atoms with Gasteiger partial charge in [-0.15, -0.1) is 0 Å². The van der Waals surface area contributed by atoms with Gasteiger partial charge in [0.2, 0.25) is 0 Å². The summed E-state index contributed by atoms with van der Waals surface area (Å²) in [6.07, 6.45) is 4.02. The molecule has 2 amide bonds. The molecule has 1 aromatic heterocycles. The predicted molar refractivity (Wildman–Crippen MR) is 80.7 cm³/mol. The van der Waals surface area contributed by atoms with Crippen molar-refractivity contribution in [2.45, 2.75) is 32.3 Å². The van der Waals surface area contributed by atoms with E-state index in [0.29, 0.717) is 12.8 Å². The van der Waals surface area contributed by atoms with E-state index in [9.17, 15) is 19.3 Å². The normalized spacial score (nSPS) is 13.4. The van der Waals surface area contributed by atoms with E-state index in [-0.39, 0.29) is 6.42 Å². The first-order valence-corrected chi connectivity index (χ1v) is 6.62. The van der Waals surface area contributed by atoms with Crippen LogP contribution in [0.1, 0.15) is 12.6 Å². The summed E-state index contributed by atoms with van der Waals surface area (Å²) in [7, 11) is -0.293. The fourth-order valence-corrected chi connectivity index (χ4v) is 1.65. The number of rotatable bonds is 8. The SMILES string of the molecule is CB(O)n1cnc(CC(NC(=O)C(C)N=CB=O)C(N)=O)c1. The van der Waals surface area contributed by atoms with E-state index in [1.54, 1.807) is 13.0 Å². The zero-order valence-electron chi connectivity index (χ0n) is 12.3. The molecule has 11 heteroatoms.